The summed E-state index contributed by atoms with van der Waals surface area (Å²) < 4.78 is 10.6. The van der Waals surface area contributed by atoms with Crippen molar-refractivity contribution in [2.75, 3.05) is 19.1 Å². The highest BCUT2D eigenvalue weighted by molar-refractivity contribution is 6.03. The zero-order valence-electron chi connectivity index (χ0n) is 17.5. The Bertz CT molecular complexity index is 967. The fourth-order valence-electron chi connectivity index (χ4n) is 4.21. The predicted octanol–water partition coefficient (Wildman–Crippen LogP) is 5.43. The van der Waals surface area contributed by atoms with Gasteiger partial charge in [-0.25, -0.2) is 0 Å². The second-order valence-corrected chi connectivity index (χ2v) is 7.61. The third-order valence-corrected chi connectivity index (χ3v) is 5.85. The molecule has 0 radical (unpaired) electrons. The van der Waals surface area contributed by atoms with E-state index in [0.29, 0.717) is 0 Å². The molecule has 0 bridgehead atoms. The normalized spacial score (nSPS) is 18.1. The van der Waals surface area contributed by atoms with Crippen LogP contribution in [0, 0.1) is 5.92 Å². The van der Waals surface area contributed by atoms with Crippen LogP contribution in [0.1, 0.15) is 30.0 Å². The first-order chi connectivity index (χ1) is 14.7. The molecule has 1 fully saturated rings. The molecule has 1 aliphatic heterocycles. The van der Waals surface area contributed by atoms with E-state index in [1.54, 1.807) is 14.2 Å². The van der Waals surface area contributed by atoms with Gasteiger partial charge in [-0.2, -0.15) is 0 Å². The molecule has 1 saturated heterocycles. The molecule has 2 atom stereocenters. The third kappa shape index (κ3) is 4.04. The maximum Gasteiger partial charge on any atom is 0.233 e. The molecule has 0 unspecified atom stereocenters. The first-order valence-electron chi connectivity index (χ1n) is 10.4. The number of benzene rings is 3. The summed E-state index contributed by atoms with van der Waals surface area (Å²) in [5.74, 6) is 1.78. The van der Waals surface area contributed by atoms with Gasteiger partial charge in [-0.1, -0.05) is 42.5 Å². The summed E-state index contributed by atoms with van der Waals surface area (Å²) in [6, 6.07) is 26.3. The molecular formula is C26H27NO3. The number of amides is 1. The van der Waals surface area contributed by atoms with Gasteiger partial charge in [0.15, 0.2) is 0 Å². The van der Waals surface area contributed by atoms with Crippen molar-refractivity contribution in [3.63, 3.8) is 0 Å². The van der Waals surface area contributed by atoms with Gasteiger partial charge in [-0.15, -0.1) is 0 Å². The number of aryl methyl sites for hydroxylation is 1. The summed E-state index contributed by atoms with van der Waals surface area (Å²) in [7, 11) is 3.31. The maximum absolute atomic E-state index is 13.1. The largest absolute Gasteiger partial charge is 0.497 e. The summed E-state index contributed by atoms with van der Waals surface area (Å²) in [6.45, 7) is 0. The smallest absolute Gasteiger partial charge is 0.233 e. The molecule has 4 rings (SSSR count). The van der Waals surface area contributed by atoms with Gasteiger partial charge >= 0.3 is 0 Å². The van der Waals surface area contributed by atoms with Crippen LogP contribution in [0.25, 0.3) is 0 Å². The summed E-state index contributed by atoms with van der Waals surface area (Å²) in [4.78, 5) is 15.0. The average molecular weight is 402 g/mol. The number of β-lactam (4-membered cyclic amide) rings is 1. The van der Waals surface area contributed by atoms with E-state index in [4.69, 9.17) is 9.47 Å². The lowest BCUT2D eigenvalue weighted by molar-refractivity contribution is -0.130. The lowest BCUT2D eigenvalue weighted by Crippen LogP contribution is -2.55. The lowest BCUT2D eigenvalue weighted by atomic mass is 9.78. The minimum absolute atomic E-state index is 0.00999. The molecule has 1 aliphatic rings. The Morgan fingerprint density at radius 3 is 2.00 bits per heavy atom. The molecule has 154 valence electrons. The zero-order chi connectivity index (χ0) is 20.9. The number of carbonyl (C=O) groups excluding carboxylic acids is 1. The Morgan fingerprint density at radius 2 is 1.40 bits per heavy atom. The van der Waals surface area contributed by atoms with E-state index in [2.05, 4.69) is 36.4 Å². The third-order valence-electron chi connectivity index (χ3n) is 5.85. The van der Waals surface area contributed by atoms with Crippen LogP contribution in [0.4, 0.5) is 5.69 Å². The number of anilines is 1. The Morgan fingerprint density at radius 1 is 0.800 bits per heavy atom. The highest BCUT2D eigenvalue weighted by Gasteiger charge is 2.48. The van der Waals surface area contributed by atoms with E-state index in [1.165, 1.54) is 5.56 Å². The number of ether oxygens (including phenoxy) is 2. The van der Waals surface area contributed by atoms with Crippen LogP contribution in [0.3, 0.4) is 0 Å². The molecule has 3 aromatic rings. The summed E-state index contributed by atoms with van der Waals surface area (Å²) in [5.41, 5.74) is 3.36. The van der Waals surface area contributed by atoms with Crippen LogP contribution in [-0.2, 0) is 11.2 Å². The van der Waals surface area contributed by atoms with Crippen LogP contribution >= 0.6 is 0 Å². The van der Waals surface area contributed by atoms with Crippen LogP contribution in [0.2, 0.25) is 0 Å². The molecule has 0 aromatic heterocycles. The van der Waals surface area contributed by atoms with E-state index >= 15 is 0 Å². The van der Waals surface area contributed by atoms with Gasteiger partial charge in [0.2, 0.25) is 5.91 Å². The predicted molar refractivity (Wildman–Crippen MR) is 119 cm³/mol. The molecule has 0 spiro atoms. The van der Waals surface area contributed by atoms with E-state index in [-0.39, 0.29) is 17.9 Å². The van der Waals surface area contributed by atoms with Crippen LogP contribution < -0.4 is 14.4 Å². The first kappa shape index (κ1) is 20.0. The molecule has 1 heterocycles. The van der Waals surface area contributed by atoms with Gasteiger partial charge in [0.05, 0.1) is 26.2 Å². The summed E-state index contributed by atoms with van der Waals surface area (Å²) in [6.07, 6.45) is 2.85. The van der Waals surface area contributed by atoms with Gasteiger partial charge in [-0.05, 0) is 66.8 Å². The molecule has 0 saturated carbocycles. The number of carbonyl (C=O) groups is 1. The number of rotatable bonds is 8. The fourth-order valence-corrected chi connectivity index (χ4v) is 4.21. The van der Waals surface area contributed by atoms with Gasteiger partial charge in [0, 0.05) is 5.69 Å². The van der Waals surface area contributed by atoms with E-state index in [0.717, 1.165) is 42.0 Å². The van der Waals surface area contributed by atoms with Crippen LogP contribution in [0.5, 0.6) is 11.5 Å². The molecular weight excluding hydrogens is 374 g/mol. The monoisotopic (exact) mass is 401 g/mol. The standard InChI is InChI=1S/C26H27NO3/c1-29-22-15-11-20(12-16-22)25-24(10-6-9-19-7-4-3-5-8-19)26(28)27(25)21-13-17-23(30-2)18-14-21/h3-5,7-8,11-18,24-25H,6,9-10H2,1-2H3/t24-,25+/m1/s1. The Labute approximate surface area is 178 Å². The van der Waals surface area contributed by atoms with Gasteiger partial charge in [0.1, 0.15) is 11.5 Å². The number of methoxy groups -OCH3 is 2. The molecule has 1 amide bonds. The van der Waals surface area contributed by atoms with E-state index in [9.17, 15) is 4.79 Å². The van der Waals surface area contributed by atoms with E-state index in [1.807, 2.05) is 47.4 Å². The van der Waals surface area contributed by atoms with Gasteiger partial charge in [-0.3, -0.25) is 4.79 Å². The number of hydrogen-bond acceptors (Lipinski definition) is 3. The second kappa shape index (κ2) is 9.04. The Balaban J connectivity index is 1.54. The van der Waals surface area contributed by atoms with Gasteiger partial charge < -0.3 is 14.4 Å². The van der Waals surface area contributed by atoms with Crippen molar-refractivity contribution < 1.29 is 14.3 Å². The van der Waals surface area contributed by atoms with Gasteiger partial charge in [0.25, 0.3) is 0 Å². The highest BCUT2D eigenvalue weighted by atomic mass is 16.5. The van der Waals surface area contributed by atoms with Crippen LogP contribution in [-0.4, -0.2) is 20.1 Å². The Hall–Kier alpha value is -3.27. The molecule has 4 nitrogen and oxygen atoms in total. The van der Waals surface area contributed by atoms with Crippen molar-refractivity contribution in [3.8, 4) is 11.5 Å². The van der Waals surface area contributed by atoms with Crippen LogP contribution in [0.15, 0.2) is 78.9 Å². The summed E-state index contributed by atoms with van der Waals surface area (Å²) in [5, 5.41) is 0. The SMILES string of the molecule is COc1ccc([C@H]2[C@@H](CCCc3ccccc3)C(=O)N2c2ccc(OC)cc2)cc1. The minimum atomic E-state index is -0.00999. The van der Waals surface area contributed by atoms with E-state index < -0.39 is 0 Å². The highest BCUT2D eigenvalue weighted by Crippen LogP contribution is 2.46. The summed E-state index contributed by atoms with van der Waals surface area (Å²) >= 11 is 0. The number of hydrogen-bond donors (Lipinski definition) is 0. The lowest BCUT2D eigenvalue weighted by Gasteiger charge is -2.47. The second-order valence-electron chi connectivity index (χ2n) is 7.61. The molecule has 30 heavy (non-hydrogen) atoms. The van der Waals surface area contributed by atoms with Crippen molar-refractivity contribution in [3.05, 3.63) is 90.0 Å². The zero-order valence-corrected chi connectivity index (χ0v) is 17.5. The van der Waals surface area contributed by atoms with Crippen molar-refractivity contribution in [1.82, 2.24) is 0 Å². The Kier molecular flexibility index (Phi) is 6.03. The number of nitrogens with zero attached hydrogens (tertiary/aromatic N) is 1. The van der Waals surface area contributed by atoms with Crippen molar-refractivity contribution in [1.29, 1.82) is 0 Å². The molecule has 3 aromatic carbocycles. The van der Waals surface area contributed by atoms with Crippen molar-refractivity contribution >= 4 is 11.6 Å². The quantitative estimate of drug-likeness (QED) is 0.472. The maximum atomic E-state index is 13.1. The molecule has 0 N–H and O–H groups in total. The minimum Gasteiger partial charge on any atom is -0.497 e. The fraction of sp³-hybridized carbons (Fsp3) is 0.269. The average Bonchev–Trinajstić information content (AvgIpc) is 2.81. The van der Waals surface area contributed by atoms with Crippen molar-refractivity contribution in [2.45, 2.75) is 25.3 Å². The first-order valence-corrected chi connectivity index (χ1v) is 10.4. The van der Waals surface area contributed by atoms with Crippen molar-refractivity contribution in [2.24, 2.45) is 5.92 Å². The topological polar surface area (TPSA) is 38.8 Å². The molecule has 4 heteroatoms. The molecule has 0 aliphatic carbocycles.